The first-order valence-corrected chi connectivity index (χ1v) is 4.43. The molecule has 0 amide bonds. The van der Waals surface area contributed by atoms with E-state index in [4.69, 9.17) is 0 Å². The molecule has 1 fully saturated rings. The van der Waals surface area contributed by atoms with E-state index in [0.717, 1.165) is 12.3 Å². The van der Waals surface area contributed by atoms with Crippen molar-refractivity contribution in [2.24, 2.45) is 5.92 Å². The average Bonchev–Trinajstić information content (AvgIpc) is 1.91. The third kappa shape index (κ3) is 11.1. The van der Waals surface area contributed by atoms with Gasteiger partial charge >= 0.3 is 0 Å². The molecule has 0 aromatic heterocycles. The molecule has 1 atom stereocenters. The Morgan fingerprint density at radius 1 is 1.45 bits per heavy atom. The van der Waals surface area contributed by atoms with E-state index in [0.29, 0.717) is 0 Å². The van der Waals surface area contributed by atoms with E-state index >= 15 is 0 Å². The molecule has 1 radical (unpaired) electrons. The van der Waals surface area contributed by atoms with Crippen molar-refractivity contribution in [3.05, 3.63) is 13.3 Å². The Balaban J connectivity index is 0. The fourth-order valence-electron chi connectivity index (χ4n) is 1.13. The van der Waals surface area contributed by atoms with E-state index < -0.39 is 0 Å². The second kappa shape index (κ2) is 11.1. The fourth-order valence-corrected chi connectivity index (χ4v) is 1.13. The van der Waals surface area contributed by atoms with Crippen molar-refractivity contribution in [1.29, 1.82) is 0 Å². The maximum Gasteiger partial charge on any atom is 0 e. The Hall–Kier alpha value is 1.10. The van der Waals surface area contributed by atoms with Gasteiger partial charge in [0.1, 0.15) is 0 Å². The molecule has 0 saturated heterocycles. The molecule has 1 rings (SSSR count). The van der Waals surface area contributed by atoms with Crippen LogP contribution in [-0.2, 0) is 32.7 Å². The van der Waals surface area contributed by atoms with Crippen LogP contribution in [0.25, 0.3) is 0 Å². The molecule has 0 nitrogen and oxygen atoms in total. The zero-order valence-corrected chi connectivity index (χ0v) is 10.8. The van der Waals surface area contributed by atoms with Crippen molar-refractivity contribution in [2.75, 3.05) is 0 Å². The molecule has 0 aromatic carbocycles. The Kier molecular flexibility index (Phi) is 14.8. The third-order valence-corrected chi connectivity index (χ3v) is 1.68. The third-order valence-electron chi connectivity index (χ3n) is 1.68. The predicted octanol–water partition coefficient (Wildman–Crippen LogP) is 3.63. The van der Waals surface area contributed by atoms with Gasteiger partial charge in [-0.3, -0.25) is 0 Å². The molecule has 0 spiro atoms. The Morgan fingerprint density at radius 3 is 2.18 bits per heavy atom. The summed E-state index contributed by atoms with van der Waals surface area (Å²) in [5, 5.41) is 0. The van der Waals surface area contributed by atoms with Gasteiger partial charge in [-0.05, 0) is 0 Å². The zero-order chi connectivity index (χ0) is 7.82. The summed E-state index contributed by atoms with van der Waals surface area (Å²) >= 11 is 0. The molecule has 0 bridgehead atoms. The molecule has 0 aromatic rings. The normalized spacial score (nSPS) is 22.6. The molecule has 0 N–H and O–H groups in total. The van der Waals surface area contributed by atoms with Gasteiger partial charge in [0.15, 0.2) is 0 Å². The van der Waals surface area contributed by atoms with Crippen molar-refractivity contribution in [3.63, 3.8) is 0 Å². The minimum absolute atomic E-state index is 0. The molecular formula is C10H20Y-2. The van der Waals surface area contributed by atoms with Crippen LogP contribution in [0.4, 0.5) is 0 Å². The van der Waals surface area contributed by atoms with Gasteiger partial charge in [0.05, 0.1) is 0 Å². The Morgan fingerprint density at radius 2 is 2.00 bits per heavy atom. The first-order valence-electron chi connectivity index (χ1n) is 4.43. The smallest absolute Gasteiger partial charge is 0 e. The molecule has 11 heavy (non-hydrogen) atoms. The molecule has 1 heteroatoms. The van der Waals surface area contributed by atoms with Gasteiger partial charge in [-0.2, -0.15) is 18.8 Å². The maximum atomic E-state index is 3.49. The second-order valence-electron chi connectivity index (χ2n) is 3.00. The quantitative estimate of drug-likeness (QED) is 0.556. The topological polar surface area (TPSA) is 0 Å². The molecule has 0 heterocycles. The van der Waals surface area contributed by atoms with Gasteiger partial charge in [-0.15, -0.1) is 0 Å². The summed E-state index contributed by atoms with van der Waals surface area (Å²) in [6, 6.07) is 0. The van der Waals surface area contributed by atoms with E-state index in [2.05, 4.69) is 20.3 Å². The van der Waals surface area contributed by atoms with Crippen molar-refractivity contribution in [1.82, 2.24) is 0 Å². The summed E-state index contributed by atoms with van der Waals surface area (Å²) in [5.41, 5.74) is 0. The van der Waals surface area contributed by atoms with Crippen LogP contribution in [0, 0.1) is 19.3 Å². The van der Waals surface area contributed by atoms with E-state index in [1.807, 2.05) is 6.92 Å². The Labute approximate surface area is 97.4 Å². The molecule has 1 saturated carbocycles. The Bertz CT molecular complexity index is 55.9. The average molecular weight is 229 g/mol. The van der Waals surface area contributed by atoms with Gasteiger partial charge in [0.25, 0.3) is 0 Å². The van der Waals surface area contributed by atoms with Gasteiger partial charge in [0.2, 0.25) is 0 Å². The molecular weight excluding hydrogens is 209 g/mol. The summed E-state index contributed by atoms with van der Waals surface area (Å²) < 4.78 is 0. The summed E-state index contributed by atoms with van der Waals surface area (Å²) in [4.78, 5) is 0. The zero-order valence-electron chi connectivity index (χ0n) is 7.97. The minimum Gasteiger partial charge on any atom is -0.344 e. The summed E-state index contributed by atoms with van der Waals surface area (Å²) in [6.45, 7) is 7.80. The van der Waals surface area contributed by atoms with Crippen molar-refractivity contribution < 1.29 is 32.7 Å². The summed E-state index contributed by atoms with van der Waals surface area (Å²) in [5.74, 6) is 0.911. The van der Waals surface area contributed by atoms with Crippen molar-refractivity contribution in [2.45, 2.75) is 46.0 Å². The van der Waals surface area contributed by atoms with Crippen LogP contribution in [0.2, 0.25) is 0 Å². The van der Waals surface area contributed by atoms with Crippen LogP contribution in [0.5, 0.6) is 0 Å². The number of hydrogen-bond donors (Lipinski definition) is 0. The minimum atomic E-state index is 0. The first kappa shape index (κ1) is 14.6. The monoisotopic (exact) mass is 229 g/mol. The SMILES string of the molecule is CC1[CH-]CCCC1.[CH2-]CC.[Y]. The van der Waals surface area contributed by atoms with Crippen LogP contribution < -0.4 is 0 Å². The van der Waals surface area contributed by atoms with Crippen LogP contribution in [0.1, 0.15) is 46.0 Å². The second-order valence-corrected chi connectivity index (χ2v) is 3.00. The van der Waals surface area contributed by atoms with E-state index in [-0.39, 0.29) is 32.7 Å². The van der Waals surface area contributed by atoms with E-state index in [1.54, 1.807) is 0 Å². The van der Waals surface area contributed by atoms with Crippen molar-refractivity contribution >= 4 is 0 Å². The van der Waals surface area contributed by atoms with Crippen LogP contribution >= 0.6 is 0 Å². The van der Waals surface area contributed by atoms with E-state index in [9.17, 15) is 0 Å². The molecule has 0 aliphatic heterocycles. The van der Waals surface area contributed by atoms with Gasteiger partial charge in [-0.25, -0.2) is 0 Å². The number of hydrogen-bond acceptors (Lipinski definition) is 0. The molecule has 1 aliphatic carbocycles. The first-order chi connectivity index (χ1) is 4.81. The number of rotatable bonds is 0. The van der Waals surface area contributed by atoms with Gasteiger partial charge in [0, 0.05) is 32.7 Å². The fraction of sp³-hybridized carbons (Fsp3) is 0.800. The van der Waals surface area contributed by atoms with Crippen LogP contribution in [-0.4, -0.2) is 0 Å². The largest absolute Gasteiger partial charge is 0.344 e. The molecule has 65 valence electrons. The van der Waals surface area contributed by atoms with Gasteiger partial charge < -0.3 is 13.3 Å². The van der Waals surface area contributed by atoms with Gasteiger partial charge in [-0.1, -0.05) is 33.1 Å². The maximum absolute atomic E-state index is 3.49. The molecule has 1 aliphatic rings. The molecule has 1 unspecified atom stereocenters. The van der Waals surface area contributed by atoms with Crippen LogP contribution in [0.3, 0.4) is 0 Å². The standard InChI is InChI=1S/C7H13.C3H7.Y/c1-7-5-3-2-4-6-7;1-3-2;/h5,7H,2-4,6H2,1H3;1,3H2,2H3;/q2*-1;. The summed E-state index contributed by atoms with van der Waals surface area (Å²) in [6.07, 6.45) is 9.12. The van der Waals surface area contributed by atoms with E-state index in [1.165, 1.54) is 25.7 Å². The van der Waals surface area contributed by atoms with Crippen LogP contribution in [0.15, 0.2) is 0 Å². The predicted molar refractivity (Wildman–Crippen MR) is 47.6 cm³/mol. The van der Waals surface area contributed by atoms with Crippen molar-refractivity contribution in [3.8, 4) is 0 Å². The summed E-state index contributed by atoms with van der Waals surface area (Å²) in [7, 11) is 0.